The summed E-state index contributed by atoms with van der Waals surface area (Å²) in [4.78, 5) is 28.8. The molecule has 0 radical (unpaired) electrons. The molecule has 4 aromatic rings. The van der Waals surface area contributed by atoms with Crippen LogP contribution in [0, 0.1) is 11.3 Å². The summed E-state index contributed by atoms with van der Waals surface area (Å²) in [7, 11) is 1.58. The lowest BCUT2D eigenvalue weighted by atomic mass is 10.0. The molecule has 1 amide bonds. The van der Waals surface area contributed by atoms with Gasteiger partial charge in [-0.15, -0.1) is 0 Å². The molecule has 2 unspecified atom stereocenters. The molecule has 3 aliphatic heterocycles. The fourth-order valence-electron chi connectivity index (χ4n) is 6.42. The molecule has 3 aliphatic rings. The number of aromatic nitrogens is 2. The lowest BCUT2D eigenvalue weighted by molar-refractivity contribution is 0.0767. The number of rotatable bonds is 6. The van der Waals surface area contributed by atoms with E-state index in [1.807, 2.05) is 30.3 Å². The Hall–Kier alpha value is -4.95. The fraction of sp³-hybridized carbons (Fsp3) is 0.389. The first-order valence-electron chi connectivity index (χ1n) is 16.1. The van der Waals surface area contributed by atoms with Gasteiger partial charge in [-0.05, 0) is 36.4 Å². The molecular formula is C36H40FN7O3. The van der Waals surface area contributed by atoms with Gasteiger partial charge < -0.3 is 29.5 Å². The number of alkyl halides is 1. The zero-order valence-electron chi connectivity index (χ0n) is 26.6. The molecule has 11 heteroatoms. The predicted octanol–water partition coefficient (Wildman–Crippen LogP) is 5.26. The molecule has 47 heavy (non-hydrogen) atoms. The second kappa shape index (κ2) is 15.1. The van der Waals surface area contributed by atoms with E-state index >= 15 is 0 Å². The molecule has 10 nitrogen and oxygen atoms in total. The second-order valence-corrected chi connectivity index (χ2v) is 11.9. The number of benzene rings is 3. The number of halogens is 1. The largest absolute Gasteiger partial charge is 0.467 e. The lowest BCUT2D eigenvalue weighted by Gasteiger charge is -2.41. The average Bonchev–Trinajstić information content (AvgIpc) is 3.61. The fourth-order valence-corrected chi connectivity index (χ4v) is 6.42. The molecule has 0 aliphatic carbocycles. The van der Waals surface area contributed by atoms with Crippen molar-refractivity contribution in [1.29, 1.82) is 5.26 Å². The number of carbonyl (C=O) groups is 1. The minimum absolute atomic E-state index is 0.197. The molecule has 7 rings (SSSR count). The Kier molecular flexibility index (Phi) is 10.3. The summed E-state index contributed by atoms with van der Waals surface area (Å²) in [5, 5.41) is 14.9. The molecule has 0 saturated carbocycles. The summed E-state index contributed by atoms with van der Waals surface area (Å²) >= 11 is 0. The first-order valence-corrected chi connectivity index (χ1v) is 16.1. The van der Waals surface area contributed by atoms with E-state index in [0.29, 0.717) is 45.2 Å². The monoisotopic (exact) mass is 637 g/mol. The molecule has 0 spiro atoms. The second-order valence-electron chi connectivity index (χ2n) is 11.9. The van der Waals surface area contributed by atoms with Crippen molar-refractivity contribution < 1.29 is 18.7 Å². The topological polar surface area (TPSA) is 107 Å². The van der Waals surface area contributed by atoms with Crippen LogP contribution in [0.1, 0.15) is 29.7 Å². The quantitative estimate of drug-likeness (QED) is 0.303. The van der Waals surface area contributed by atoms with Gasteiger partial charge in [0.15, 0.2) is 0 Å². The highest BCUT2D eigenvalue weighted by Gasteiger charge is 2.34. The van der Waals surface area contributed by atoms with Crippen LogP contribution in [0.3, 0.4) is 0 Å². The van der Waals surface area contributed by atoms with Crippen LogP contribution in [0.2, 0.25) is 0 Å². The van der Waals surface area contributed by atoms with Crippen LogP contribution in [0.5, 0.6) is 6.01 Å². The first-order chi connectivity index (χ1) is 23.0. The van der Waals surface area contributed by atoms with Gasteiger partial charge in [0.2, 0.25) is 0 Å². The molecule has 2 fully saturated rings. The third-order valence-corrected chi connectivity index (χ3v) is 8.86. The molecular weight excluding hydrogens is 597 g/mol. The number of hydrogen-bond donors (Lipinski definition) is 1. The van der Waals surface area contributed by atoms with Gasteiger partial charge in [0.25, 0.3) is 0 Å². The Labute approximate surface area is 274 Å². The Balaban J connectivity index is 0.000000580. The standard InChI is InChI=1S/C32H32N6O3.C4H8FN/c1-40-31-34-28-21-36(29-13-7-11-24-10-5-6-12-26(24)29)17-15-27(28)30(35-31)37-18-19-38(25(20-37)14-16-33)32(39)41-22-23-8-3-2-4-9-23;5-4-1-2-6-3-4/h2-13,25H,14-15,17-22H2,1H3;4,6H,1-3H2. The van der Waals surface area contributed by atoms with E-state index < -0.39 is 12.3 Å². The maximum absolute atomic E-state index is 13.0. The number of nitrogens with one attached hydrogen (secondary N) is 1. The summed E-state index contributed by atoms with van der Waals surface area (Å²) in [6, 6.07) is 26.7. The van der Waals surface area contributed by atoms with Gasteiger partial charge in [-0.25, -0.2) is 9.18 Å². The molecule has 1 aromatic heterocycles. The summed E-state index contributed by atoms with van der Waals surface area (Å²) in [6.45, 7) is 4.59. The van der Waals surface area contributed by atoms with Crippen LogP contribution >= 0.6 is 0 Å². The van der Waals surface area contributed by atoms with Crippen LogP contribution in [-0.2, 0) is 24.3 Å². The molecule has 1 N–H and O–H groups in total. The molecule has 2 saturated heterocycles. The highest BCUT2D eigenvalue weighted by atomic mass is 19.1. The normalized spacial score (nSPS) is 19.0. The Bertz CT molecular complexity index is 1710. The maximum Gasteiger partial charge on any atom is 0.410 e. The number of methoxy groups -OCH3 is 1. The van der Waals surface area contributed by atoms with Crippen molar-refractivity contribution in [1.82, 2.24) is 20.2 Å². The van der Waals surface area contributed by atoms with E-state index in [2.05, 4.69) is 63.7 Å². The number of carbonyl (C=O) groups excluding carboxylic acids is 1. The third-order valence-electron chi connectivity index (χ3n) is 8.86. The van der Waals surface area contributed by atoms with Gasteiger partial charge in [-0.2, -0.15) is 15.2 Å². The highest BCUT2D eigenvalue weighted by Crippen LogP contribution is 2.34. The summed E-state index contributed by atoms with van der Waals surface area (Å²) in [5.41, 5.74) is 4.14. The smallest absolute Gasteiger partial charge is 0.410 e. The van der Waals surface area contributed by atoms with E-state index in [9.17, 15) is 14.4 Å². The number of ether oxygens (including phenoxy) is 2. The van der Waals surface area contributed by atoms with E-state index in [1.54, 1.807) is 12.0 Å². The van der Waals surface area contributed by atoms with Gasteiger partial charge in [0, 0.05) is 49.4 Å². The Morgan fingerprint density at radius 1 is 1.02 bits per heavy atom. The number of amides is 1. The van der Waals surface area contributed by atoms with E-state index in [1.165, 1.54) is 16.5 Å². The molecule has 3 aromatic carbocycles. The van der Waals surface area contributed by atoms with Gasteiger partial charge in [0.05, 0.1) is 37.9 Å². The SMILES string of the molecule is COc1nc2c(c(N3CCN(C(=O)OCc4ccccc4)C(CC#N)C3)n1)CCN(c1cccc3ccccc13)C2.FC1CCNC1. The minimum Gasteiger partial charge on any atom is -0.467 e. The van der Waals surface area contributed by atoms with Crippen LogP contribution < -0.4 is 19.9 Å². The zero-order valence-corrected chi connectivity index (χ0v) is 26.6. The molecule has 0 bridgehead atoms. The summed E-state index contributed by atoms with van der Waals surface area (Å²) in [5.74, 6) is 0.824. The van der Waals surface area contributed by atoms with Crippen LogP contribution in [0.4, 0.5) is 20.7 Å². The number of anilines is 2. The summed E-state index contributed by atoms with van der Waals surface area (Å²) < 4.78 is 23.0. The lowest BCUT2D eigenvalue weighted by Crippen LogP contribution is -2.55. The third kappa shape index (κ3) is 7.55. The van der Waals surface area contributed by atoms with Gasteiger partial charge in [0.1, 0.15) is 18.6 Å². The number of piperazine rings is 1. The van der Waals surface area contributed by atoms with E-state index in [4.69, 9.17) is 19.4 Å². The van der Waals surface area contributed by atoms with Crippen LogP contribution in [0.25, 0.3) is 10.8 Å². The molecule has 4 heterocycles. The highest BCUT2D eigenvalue weighted by molar-refractivity contribution is 5.94. The van der Waals surface area contributed by atoms with Crippen molar-refractivity contribution in [2.45, 2.75) is 44.6 Å². The van der Waals surface area contributed by atoms with Crippen molar-refractivity contribution in [3.63, 3.8) is 0 Å². The number of hydrogen-bond acceptors (Lipinski definition) is 9. The molecule has 2 atom stereocenters. The number of fused-ring (bicyclic) bond motifs is 2. The molecule has 244 valence electrons. The minimum atomic E-state index is -0.565. The summed E-state index contributed by atoms with van der Waals surface area (Å²) in [6.07, 6.45) is 0.725. The van der Waals surface area contributed by atoms with Crippen molar-refractivity contribution >= 4 is 28.4 Å². The van der Waals surface area contributed by atoms with Crippen molar-refractivity contribution in [2.24, 2.45) is 0 Å². The van der Waals surface area contributed by atoms with E-state index in [0.717, 1.165) is 42.1 Å². The Morgan fingerprint density at radius 3 is 2.57 bits per heavy atom. The maximum atomic E-state index is 13.0. The Morgan fingerprint density at radius 2 is 1.83 bits per heavy atom. The van der Waals surface area contributed by atoms with Gasteiger partial charge in [-0.3, -0.25) is 0 Å². The van der Waals surface area contributed by atoms with Gasteiger partial charge >= 0.3 is 12.1 Å². The number of nitriles is 1. The van der Waals surface area contributed by atoms with Crippen LogP contribution in [0.15, 0.2) is 72.8 Å². The van der Waals surface area contributed by atoms with Crippen LogP contribution in [-0.4, -0.2) is 79.6 Å². The predicted molar refractivity (Wildman–Crippen MR) is 179 cm³/mol. The van der Waals surface area contributed by atoms with E-state index in [-0.39, 0.29) is 19.1 Å². The van der Waals surface area contributed by atoms with Crippen molar-refractivity contribution in [3.05, 3.63) is 89.6 Å². The van der Waals surface area contributed by atoms with Crippen molar-refractivity contribution in [3.8, 4) is 12.1 Å². The number of nitrogens with zero attached hydrogens (tertiary/aromatic N) is 6. The average molecular weight is 638 g/mol. The van der Waals surface area contributed by atoms with Gasteiger partial charge in [-0.1, -0.05) is 66.7 Å². The zero-order chi connectivity index (χ0) is 32.6. The first kappa shape index (κ1) is 32.0. The van der Waals surface area contributed by atoms with Crippen molar-refractivity contribution in [2.75, 3.05) is 56.2 Å².